The van der Waals surface area contributed by atoms with Gasteiger partial charge in [0.1, 0.15) is 5.82 Å². The second-order valence-corrected chi connectivity index (χ2v) is 7.04. The predicted molar refractivity (Wildman–Crippen MR) is 108 cm³/mol. The summed E-state index contributed by atoms with van der Waals surface area (Å²) < 4.78 is 12.8. The molecule has 0 atom stereocenters. The van der Waals surface area contributed by atoms with Crippen LogP contribution in [-0.2, 0) is 6.42 Å². The van der Waals surface area contributed by atoms with Crippen molar-refractivity contribution in [2.45, 2.75) is 59.8 Å². The van der Waals surface area contributed by atoms with Crippen molar-refractivity contribution in [3.63, 3.8) is 0 Å². The molecule has 0 radical (unpaired) electrons. The Labute approximate surface area is 153 Å². The molecule has 25 heavy (non-hydrogen) atoms. The first kappa shape index (κ1) is 21.4. The molecule has 0 amide bonds. The maximum atomic E-state index is 12.8. The van der Waals surface area contributed by atoms with Gasteiger partial charge in [-0.15, -0.1) is 0 Å². The number of nitrogens with one attached hydrogen (secondary N) is 1. The molecule has 138 valence electrons. The molecular weight excluding hydrogens is 309 g/mol. The minimum absolute atomic E-state index is 0.170. The third-order valence-corrected chi connectivity index (χ3v) is 4.22. The quantitative estimate of drug-likeness (QED) is 0.363. The molecule has 0 heterocycles. The van der Waals surface area contributed by atoms with Crippen molar-refractivity contribution >= 4 is 0 Å². The molecule has 0 aliphatic carbocycles. The van der Waals surface area contributed by atoms with Crippen molar-refractivity contribution < 1.29 is 4.39 Å². The van der Waals surface area contributed by atoms with Gasteiger partial charge in [0, 0.05) is 6.54 Å². The molecular formula is C23H34FN. The fraction of sp³-hybridized carbons (Fsp3) is 0.478. The fourth-order valence-corrected chi connectivity index (χ4v) is 2.57. The number of hydrogen-bond acceptors (Lipinski definition) is 1. The molecule has 0 aliphatic rings. The van der Waals surface area contributed by atoms with E-state index in [1.165, 1.54) is 40.8 Å². The van der Waals surface area contributed by atoms with Crippen LogP contribution in [0.2, 0.25) is 0 Å². The summed E-state index contributed by atoms with van der Waals surface area (Å²) in [6, 6.07) is 6.75. The number of hydrogen-bond donors (Lipinski definition) is 1. The molecule has 0 saturated carbocycles. The summed E-state index contributed by atoms with van der Waals surface area (Å²) in [5, 5.41) is 3.43. The maximum absolute atomic E-state index is 12.8. The number of allylic oxidation sites excluding steroid dienone is 5. The van der Waals surface area contributed by atoms with E-state index >= 15 is 0 Å². The highest BCUT2D eigenvalue weighted by molar-refractivity contribution is 5.16. The van der Waals surface area contributed by atoms with Gasteiger partial charge >= 0.3 is 0 Å². The van der Waals surface area contributed by atoms with Crippen LogP contribution in [0.3, 0.4) is 0 Å². The standard InChI is InChI=1S/C23H34FN/c1-19(2)7-5-8-20(3)9-6-10-21(4)15-17-25-18-16-22-11-13-23(24)14-12-22/h7,9,11-15,25H,5-6,8,10,16-18H2,1-4H3/b20-9+,21-15+. The van der Waals surface area contributed by atoms with E-state index in [1.54, 1.807) is 0 Å². The normalized spacial score (nSPS) is 12.4. The van der Waals surface area contributed by atoms with Gasteiger partial charge in [-0.3, -0.25) is 0 Å². The van der Waals surface area contributed by atoms with Crippen molar-refractivity contribution in [3.05, 3.63) is 70.6 Å². The summed E-state index contributed by atoms with van der Waals surface area (Å²) in [5.41, 5.74) is 5.49. The molecule has 0 aliphatic heterocycles. The Morgan fingerprint density at radius 2 is 1.48 bits per heavy atom. The van der Waals surface area contributed by atoms with Gasteiger partial charge in [0.25, 0.3) is 0 Å². The number of rotatable bonds is 11. The molecule has 1 N–H and O–H groups in total. The zero-order chi connectivity index (χ0) is 18.5. The van der Waals surface area contributed by atoms with E-state index < -0.39 is 0 Å². The summed E-state index contributed by atoms with van der Waals surface area (Å²) in [6.45, 7) is 10.6. The number of halogens is 1. The lowest BCUT2D eigenvalue weighted by atomic mass is 10.1. The van der Waals surface area contributed by atoms with Crippen LogP contribution < -0.4 is 5.32 Å². The Morgan fingerprint density at radius 1 is 0.880 bits per heavy atom. The first-order valence-corrected chi connectivity index (χ1v) is 9.37. The van der Waals surface area contributed by atoms with Crippen LogP contribution in [0.5, 0.6) is 0 Å². The van der Waals surface area contributed by atoms with E-state index in [0.717, 1.165) is 38.8 Å². The van der Waals surface area contributed by atoms with Gasteiger partial charge in [-0.05, 0) is 84.0 Å². The Hall–Kier alpha value is -1.67. The third-order valence-electron chi connectivity index (χ3n) is 4.22. The largest absolute Gasteiger partial charge is 0.313 e. The first-order valence-electron chi connectivity index (χ1n) is 9.37. The lowest BCUT2D eigenvalue weighted by Crippen LogP contribution is -2.17. The van der Waals surface area contributed by atoms with Gasteiger partial charge < -0.3 is 5.32 Å². The van der Waals surface area contributed by atoms with Crippen molar-refractivity contribution in [2.24, 2.45) is 0 Å². The molecule has 1 rings (SSSR count). The van der Waals surface area contributed by atoms with Crippen LogP contribution in [-0.4, -0.2) is 13.1 Å². The molecule has 0 bridgehead atoms. The second kappa shape index (κ2) is 12.7. The smallest absolute Gasteiger partial charge is 0.123 e. The van der Waals surface area contributed by atoms with Gasteiger partial charge in [0.2, 0.25) is 0 Å². The Kier molecular flexibility index (Phi) is 10.8. The van der Waals surface area contributed by atoms with Crippen LogP contribution in [0.15, 0.2) is 59.2 Å². The van der Waals surface area contributed by atoms with E-state index in [0.29, 0.717) is 0 Å². The van der Waals surface area contributed by atoms with Crippen molar-refractivity contribution in [1.29, 1.82) is 0 Å². The van der Waals surface area contributed by atoms with E-state index in [1.807, 2.05) is 12.1 Å². The van der Waals surface area contributed by atoms with E-state index in [9.17, 15) is 4.39 Å². The van der Waals surface area contributed by atoms with Gasteiger partial charge in [0.15, 0.2) is 0 Å². The highest BCUT2D eigenvalue weighted by Crippen LogP contribution is 2.11. The third kappa shape index (κ3) is 11.5. The molecule has 0 aromatic heterocycles. The molecule has 1 nitrogen and oxygen atoms in total. The molecule has 2 heteroatoms. The van der Waals surface area contributed by atoms with Crippen LogP contribution >= 0.6 is 0 Å². The topological polar surface area (TPSA) is 12.0 Å². The summed E-state index contributed by atoms with van der Waals surface area (Å²) in [4.78, 5) is 0. The average molecular weight is 344 g/mol. The summed E-state index contributed by atoms with van der Waals surface area (Å²) in [5.74, 6) is -0.170. The van der Waals surface area contributed by atoms with Gasteiger partial charge in [-0.1, -0.05) is 47.1 Å². The summed E-state index contributed by atoms with van der Waals surface area (Å²) >= 11 is 0. The van der Waals surface area contributed by atoms with E-state index in [2.05, 4.69) is 51.2 Å². The predicted octanol–water partition coefficient (Wildman–Crippen LogP) is 6.38. The van der Waals surface area contributed by atoms with Crippen LogP contribution in [0.1, 0.15) is 58.9 Å². The van der Waals surface area contributed by atoms with Gasteiger partial charge in [-0.2, -0.15) is 0 Å². The molecule has 0 unspecified atom stereocenters. The fourth-order valence-electron chi connectivity index (χ4n) is 2.57. The molecule has 0 saturated heterocycles. The monoisotopic (exact) mass is 343 g/mol. The lowest BCUT2D eigenvalue weighted by Gasteiger charge is -2.04. The number of benzene rings is 1. The van der Waals surface area contributed by atoms with Crippen LogP contribution in [0.4, 0.5) is 4.39 Å². The van der Waals surface area contributed by atoms with Crippen LogP contribution in [0.25, 0.3) is 0 Å². The SMILES string of the molecule is CC(C)=CCC/C(C)=C/CC/C(C)=C/CNCCc1ccc(F)cc1. The van der Waals surface area contributed by atoms with Crippen molar-refractivity contribution in [3.8, 4) is 0 Å². The highest BCUT2D eigenvalue weighted by atomic mass is 19.1. The maximum Gasteiger partial charge on any atom is 0.123 e. The second-order valence-electron chi connectivity index (χ2n) is 7.04. The molecule has 0 spiro atoms. The van der Waals surface area contributed by atoms with Gasteiger partial charge in [-0.25, -0.2) is 4.39 Å². The molecule has 1 aromatic rings. The zero-order valence-corrected chi connectivity index (χ0v) is 16.4. The zero-order valence-electron chi connectivity index (χ0n) is 16.4. The molecule has 0 fully saturated rings. The summed E-state index contributed by atoms with van der Waals surface area (Å²) in [7, 11) is 0. The summed E-state index contributed by atoms with van der Waals surface area (Å²) in [6.07, 6.45) is 12.4. The molecule has 1 aromatic carbocycles. The lowest BCUT2D eigenvalue weighted by molar-refractivity contribution is 0.626. The Bertz CT molecular complexity index is 575. The van der Waals surface area contributed by atoms with Crippen molar-refractivity contribution in [1.82, 2.24) is 5.32 Å². The first-order chi connectivity index (χ1) is 12.0. The van der Waals surface area contributed by atoms with E-state index in [-0.39, 0.29) is 5.82 Å². The van der Waals surface area contributed by atoms with E-state index in [4.69, 9.17) is 0 Å². The Morgan fingerprint density at radius 3 is 2.12 bits per heavy atom. The van der Waals surface area contributed by atoms with Crippen LogP contribution in [0, 0.1) is 5.82 Å². The van der Waals surface area contributed by atoms with Gasteiger partial charge in [0.05, 0.1) is 0 Å². The average Bonchev–Trinajstić information content (AvgIpc) is 2.56. The Balaban J connectivity index is 2.14. The van der Waals surface area contributed by atoms with Crippen molar-refractivity contribution in [2.75, 3.05) is 13.1 Å². The highest BCUT2D eigenvalue weighted by Gasteiger charge is 1.95. The minimum Gasteiger partial charge on any atom is -0.313 e. The minimum atomic E-state index is -0.170.